The van der Waals surface area contributed by atoms with Crippen molar-refractivity contribution in [3.05, 3.63) is 64.5 Å². The van der Waals surface area contributed by atoms with E-state index in [9.17, 15) is 14.9 Å². The van der Waals surface area contributed by atoms with Crippen molar-refractivity contribution in [1.82, 2.24) is 0 Å². The van der Waals surface area contributed by atoms with Gasteiger partial charge in [-0.1, -0.05) is 25.5 Å². The minimum atomic E-state index is -0.507. The Morgan fingerprint density at radius 1 is 1.26 bits per heavy atom. The number of carbonyl (C=O) groups excluding carboxylic acids is 1. The third-order valence-corrected chi connectivity index (χ3v) is 3.65. The molecule has 0 bridgehead atoms. The number of anilines is 1. The average molecular weight is 314 g/mol. The monoisotopic (exact) mass is 314 g/mol. The number of aromatic nitrogens is 1. The summed E-state index contributed by atoms with van der Waals surface area (Å²) in [6.45, 7) is 3.87. The van der Waals surface area contributed by atoms with Crippen LogP contribution >= 0.6 is 0 Å². The number of hydrogen-bond acceptors (Lipinski definition) is 3. The third-order valence-electron chi connectivity index (χ3n) is 3.65. The summed E-state index contributed by atoms with van der Waals surface area (Å²) < 4.78 is 1.78. The van der Waals surface area contributed by atoms with Gasteiger partial charge in [-0.25, -0.2) is 0 Å². The lowest BCUT2D eigenvalue weighted by Gasteiger charge is -2.09. The van der Waals surface area contributed by atoms with Crippen molar-refractivity contribution in [3.8, 4) is 0 Å². The molecule has 0 aliphatic heterocycles. The lowest BCUT2D eigenvalue weighted by Crippen LogP contribution is -2.44. The molecule has 0 unspecified atom stereocenters. The topological polar surface area (TPSA) is 76.1 Å². The van der Waals surface area contributed by atoms with E-state index in [-0.39, 0.29) is 17.3 Å². The Labute approximate surface area is 134 Å². The van der Waals surface area contributed by atoms with Crippen molar-refractivity contribution in [1.29, 1.82) is 0 Å². The van der Waals surface area contributed by atoms with Gasteiger partial charge in [-0.15, -0.1) is 0 Å². The molecular weight excluding hydrogens is 294 g/mol. The Morgan fingerprint density at radius 2 is 1.91 bits per heavy atom. The molecule has 6 nitrogen and oxygen atoms in total. The van der Waals surface area contributed by atoms with E-state index < -0.39 is 11.0 Å². The van der Waals surface area contributed by atoms with Crippen LogP contribution in [-0.4, -0.2) is 10.8 Å². The van der Waals surface area contributed by atoms with Gasteiger partial charge < -0.3 is 5.32 Å². The van der Waals surface area contributed by atoms with Gasteiger partial charge in [-0.05, 0) is 18.1 Å². The van der Waals surface area contributed by atoms with E-state index in [2.05, 4.69) is 12.2 Å². The molecule has 0 radical (unpaired) electrons. The first-order valence-electron chi connectivity index (χ1n) is 7.57. The molecule has 1 amide bonds. The van der Waals surface area contributed by atoms with Gasteiger partial charge in [-0.3, -0.25) is 14.9 Å². The Kier molecular flexibility index (Phi) is 5.41. The number of nitrogens with zero attached hydrogens (tertiary/aromatic N) is 2. The largest absolute Gasteiger partial charge is 0.315 e. The predicted molar refractivity (Wildman–Crippen MR) is 87.1 cm³/mol. The molecule has 0 saturated carbocycles. The first kappa shape index (κ1) is 16.6. The van der Waals surface area contributed by atoms with Crippen molar-refractivity contribution in [3.63, 3.8) is 0 Å². The van der Waals surface area contributed by atoms with Gasteiger partial charge in [0.15, 0.2) is 12.4 Å². The zero-order chi connectivity index (χ0) is 16.8. The number of para-hydroxylation sites is 2. The van der Waals surface area contributed by atoms with Crippen LogP contribution in [0.1, 0.15) is 31.9 Å². The minimum absolute atomic E-state index is 0.114. The van der Waals surface area contributed by atoms with Crippen LogP contribution in [0, 0.1) is 10.1 Å². The van der Waals surface area contributed by atoms with Crippen LogP contribution in [0.25, 0.3) is 0 Å². The van der Waals surface area contributed by atoms with E-state index in [1.165, 1.54) is 17.7 Å². The summed E-state index contributed by atoms with van der Waals surface area (Å²) in [5, 5.41) is 13.6. The molecule has 0 saturated heterocycles. The summed E-state index contributed by atoms with van der Waals surface area (Å²) in [7, 11) is 0. The number of rotatable bonds is 6. The number of nitro groups is 1. The molecule has 2 rings (SSSR count). The molecule has 0 fully saturated rings. The van der Waals surface area contributed by atoms with Crippen molar-refractivity contribution >= 4 is 17.3 Å². The Morgan fingerprint density at radius 3 is 2.52 bits per heavy atom. The van der Waals surface area contributed by atoms with Gasteiger partial charge in [0.1, 0.15) is 5.69 Å². The van der Waals surface area contributed by atoms with Crippen LogP contribution in [0.5, 0.6) is 0 Å². The molecule has 120 valence electrons. The fourth-order valence-corrected chi connectivity index (χ4v) is 2.29. The van der Waals surface area contributed by atoms with E-state index in [1.807, 2.05) is 24.5 Å². The normalized spacial score (nSPS) is 11.7. The first-order chi connectivity index (χ1) is 11.0. The number of amides is 1. The molecular formula is C17H20N3O3+. The second-order valence-electron chi connectivity index (χ2n) is 5.34. The Balaban J connectivity index is 2.12. The van der Waals surface area contributed by atoms with Gasteiger partial charge in [-0.2, -0.15) is 4.57 Å². The standard InChI is InChI=1S/C17H19N3O3/c1-3-6-14-9-11-19(12-10-14)13(2)17(21)18-15-7-4-5-8-16(15)20(22)23/h4-5,7-13H,3,6H2,1-2H3/p+1/t13-/m1/s1. The maximum atomic E-state index is 12.3. The number of aryl methyl sites for hydroxylation is 1. The highest BCUT2D eigenvalue weighted by molar-refractivity contribution is 5.94. The third kappa shape index (κ3) is 4.12. The number of carbonyl (C=O) groups is 1. The SMILES string of the molecule is CCCc1cc[n+]([C@H](C)C(=O)Nc2ccccc2[N+](=O)[O-])cc1. The van der Waals surface area contributed by atoms with Gasteiger partial charge in [0, 0.05) is 25.1 Å². The average Bonchev–Trinajstić information content (AvgIpc) is 2.55. The minimum Gasteiger partial charge on any atom is -0.315 e. The zero-order valence-electron chi connectivity index (χ0n) is 13.2. The molecule has 0 spiro atoms. The van der Waals surface area contributed by atoms with Crippen molar-refractivity contribution in [2.75, 3.05) is 5.32 Å². The number of pyridine rings is 1. The van der Waals surface area contributed by atoms with Crippen molar-refractivity contribution in [2.24, 2.45) is 0 Å². The summed E-state index contributed by atoms with van der Waals surface area (Å²) >= 11 is 0. The van der Waals surface area contributed by atoms with Crippen molar-refractivity contribution < 1.29 is 14.3 Å². The molecule has 6 heteroatoms. The summed E-state index contributed by atoms with van der Waals surface area (Å²) in [6.07, 6.45) is 5.78. The molecule has 23 heavy (non-hydrogen) atoms. The quantitative estimate of drug-likeness (QED) is 0.506. The van der Waals surface area contributed by atoms with Gasteiger partial charge in [0.2, 0.25) is 6.04 Å². The van der Waals surface area contributed by atoms with E-state index in [0.29, 0.717) is 0 Å². The number of hydrogen-bond donors (Lipinski definition) is 1. The Hall–Kier alpha value is -2.76. The van der Waals surface area contributed by atoms with Crippen LogP contribution in [0.2, 0.25) is 0 Å². The second kappa shape index (κ2) is 7.49. The van der Waals surface area contributed by atoms with E-state index in [0.717, 1.165) is 12.8 Å². The predicted octanol–water partition coefficient (Wildman–Crippen LogP) is 3.03. The fourth-order valence-electron chi connectivity index (χ4n) is 2.29. The fraction of sp³-hybridized carbons (Fsp3) is 0.294. The molecule has 1 aromatic carbocycles. The zero-order valence-corrected chi connectivity index (χ0v) is 13.2. The van der Waals surface area contributed by atoms with Crippen LogP contribution in [-0.2, 0) is 11.2 Å². The summed E-state index contributed by atoms with van der Waals surface area (Å²) in [4.78, 5) is 22.8. The highest BCUT2D eigenvalue weighted by atomic mass is 16.6. The molecule has 1 N–H and O–H groups in total. The lowest BCUT2D eigenvalue weighted by atomic mass is 10.1. The highest BCUT2D eigenvalue weighted by Gasteiger charge is 2.24. The smallest absolute Gasteiger partial charge is 0.293 e. The number of nitrogens with one attached hydrogen (secondary N) is 1. The summed E-state index contributed by atoms with van der Waals surface area (Å²) in [5.41, 5.74) is 1.31. The highest BCUT2D eigenvalue weighted by Crippen LogP contribution is 2.23. The first-order valence-corrected chi connectivity index (χ1v) is 7.57. The number of nitro benzene ring substituents is 1. The van der Waals surface area contributed by atoms with Crippen LogP contribution in [0.3, 0.4) is 0 Å². The molecule has 0 aliphatic rings. The van der Waals surface area contributed by atoms with E-state index in [4.69, 9.17) is 0 Å². The van der Waals surface area contributed by atoms with Crippen molar-refractivity contribution in [2.45, 2.75) is 32.7 Å². The molecule has 1 aromatic heterocycles. The number of benzene rings is 1. The molecule has 1 atom stereocenters. The maximum Gasteiger partial charge on any atom is 0.293 e. The maximum absolute atomic E-state index is 12.3. The molecule has 1 heterocycles. The van der Waals surface area contributed by atoms with Gasteiger partial charge >= 0.3 is 0 Å². The van der Waals surface area contributed by atoms with Crippen LogP contribution < -0.4 is 9.88 Å². The van der Waals surface area contributed by atoms with Crippen LogP contribution in [0.15, 0.2) is 48.8 Å². The summed E-state index contributed by atoms with van der Waals surface area (Å²) in [5.74, 6) is -0.299. The Bertz CT molecular complexity index is 698. The lowest BCUT2D eigenvalue weighted by molar-refractivity contribution is -0.705. The van der Waals surface area contributed by atoms with E-state index >= 15 is 0 Å². The van der Waals surface area contributed by atoms with E-state index in [1.54, 1.807) is 23.6 Å². The van der Waals surface area contributed by atoms with Gasteiger partial charge in [0.25, 0.3) is 11.6 Å². The molecule has 0 aliphatic carbocycles. The van der Waals surface area contributed by atoms with Crippen LogP contribution in [0.4, 0.5) is 11.4 Å². The second-order valence-corrected chi connectivity index (χ2v) is 5.34. The summed E-state index contributed by atoms with van der Waals surface area (Å²) in [6, 6.07) is 9.62. The molecule has 2 aromatic rings. The van der Waals surface area contributed by atoms with Gasteiger partial charge in [0.05, 0.1) is 4.92 Å².